The Balaban J connectivity index is 1.70. The van der Waals surface area contributed by atoms with Crippen LogP contribution in [0.1, 0.15) is 145 Å². The standard InChI is InChI=1S/C44H58O6S2/c1-33(45)51-29-17-5-11-25-39-31-37(23-9-3-7-19-35-21-13-15-27-41(35)43(47)48)38(32-40(39)26-12-6-18-30-52-34(2)46)24-10-4-8-20-36-22-14-16-28-42(36)44(49)50/h13-16,21-22,27-28,31-32H,3-12,17-20,23-26,29-30H2,1-2H3,(H,47,48)(H,49,50). The Morgan fingerprint density at radius 3 is 1.02 bits per heavy atom. The van der Waals surface area contributed by atoms with Gasteiger partial charge < -0.3 is 10.2 Å². The van der Waals surface area contributed by atoms with Crippen molar-refractivity contribution in [2.45, 2.75) is 129 Å². The van der Waals surface area contributed by atoms with Crippen LogP contribution in [0.5, 0.6) is 0 Å². The van der Waals surface area contributed by atoms with Gasteiger partial charge in [0.05, 0.1) is 11.1 Å². The molecule has 0 aliphatic heterocycles. The first-order valence-electron chi connectivity index (χ1n) is 19.2. The maximum Gasteiger partial charge on any atom is 0.335 e. The number of hydrogen-bond acceptors (Lipinski definition) is 6. The molecule has 6 nitrogen and oxygen atoms in total. The number of thioether (sulfide) groups is 2. The first-order valence-corrected chi connectivity index (χ1v) is 21.2. The normalized spacial score (nSPS) is 11.1. The molecule has 282 valence electrons. The summed E-state index contributed by atoms with van der Waals surface area (Å²) in [4.78, 5) is 46.1. The second kappa shape index (κ2) is 24.8. The number of hydrogen-bond donors (Lipinski definition) is 2. The minimum atomic E-state index is -0.869. The van der Waals surface area contributed by atoms with Crippen molar-refractivity contribution in [3.63, 3.8) is 0 Å². The van der Waals surface area contributed by atoms with Gasteiger partial charge in [-0.3, -0.25) is 9.59 Å². The van der Waals surface area contributed by atoms with E-state index in [1.54, 1.807) is 38.1 Å². The highest BCUT2D eigenvalue weighted by Crippen LogP contribution is 2.26. The molecule has 0 aliphatic carbocycles. The van der Waals surface area contributed by atoms with Crippen molar-refractivity contribution < 1.29 is 29.4 Å². The summed E-state index contributed by atoms with van der Waals surface area (Å²) in [6.07, 6.45) is 18.1. The van der Waals surface area contributed by atoms with E-state index in [2.05, 4.69) is 12.1 Å². The number of unbranched alkanes of at least 4 members (excludes halogenated alkanes) is 8. The molecular weight excluding hydrogens is 689 g/mol. The van der Waals surface area contributed by atoms with Gasteiger partial charge in [-0.25, -0.2) is 9.59 Å². The van der Waals surface area contributed by atoms with Gasteiger partial charge in [-0.1, -0.05) is 97.7 Å². The topological polar surface area (TPSA) is 109 Å². The van der Waals surface area contributed by atoms with Gasteiger partial charge in [0.2, 0.25) is 0 Å². The van der Waals surface area contributed by atoms with E-state index in [0.717, 1.165) is 138 Å². The molecule has 0 amide bonds. The van der Waals surface area contributed by atoms with Crippen molar-refractivity contribution in [1.82, 2.24) is 0 Å². The van der Waals surface area contributed by atoms with Gasteiger partial charge >= 0.3 is 11.9 Å². The monoisotopic (exact) mass is 746 g/mol. The molecule has 52 heavy (non-hydrogen) atoms. The summed E-state index contributed by atoms with van der Waals surface area (Å²) in [7, 11) is 0. The fraction of sp³-hybridized carbons (Fsp3) is 0.500. The Morgan fingerprint density at radius 2 is 0.712 bits per heavy atom. The molecule has 2 N–H and O–H groups in total. The number of benzene rings is 3. The van der Waals surface area contributed by atoms with Crippen molar-refractivity contribution >= 4 is 45.7 Å². The Hall–Kier alpha value is -3.36. The summed E-state index contributed by atoms with van der Waals surface area (Å²) in [5.74, 6) is 0.0190. The number of carbonyl (C=O) groups is 4. The summed E-state index contributed by atoms with van der Waals surface area (Å²) in [6, 6.07) is 19.6. The molecule has 0 saturated carbocycles. The third-order valence-electron chi connectivity index (χ3n) is 9.59. The average molecular weight is 747 g/mol. The van der Waals surface area contributed by atoms with Gasteiger partial charge in [-0.15, -0.1) is 0 Å². The molecule has 0 aliphatic rings. The molecule has 0 atom stereocenters. The Labute approximate surface area is 320 Å². The summed E-state index contributed by atoms with van der Waals surface area (Å²) in [5, 5.41) is 19.5. The molecule has 0 bridgehead atoms. The van der Waals surface area contributed by atoms with E-state index >= 15 is 0 Å². The van der Waals surface area contributed by atoms with E-state index in [9.17, 15) is 29.4 Å². The number of carboxylic acid groups (broad SMARTS) is 2. The highest BCUT2D eigenvalue weighted by Gasteiger charge is 2.13. The van der Waals surface area contributed by atoms with Crippen LogP contribution in [0.15, 0.2) is 60.7 Å². The van der Waals surface area contributed by atoms with Gasteiger partial charge in [0.15, 0.2) is 10.2 Å². The summed E-state index contributed by atoms with van der Waals surface area (Å²) in [5.41, 5.74) is 8.32. The lowest BCUT2D eigenvalue weighted by Crippen LogP contribution is -2.05. The van der Waals surface area contributed by atoms with Crippen molar-refractivity contribution in [2.75, 3.05) is 11.5 Å². The van der Waals surface area contributed by atoms with Gasteiger partial charge in [0.25, 0.3) is 0 Å². The van der Waals surface area contributed by atoms with Crippen LogP contribution in [-0.2, 0) is 48.1 Å². The Morgan fingerprint density at radius 1 is 0.423 bits per heavy atom. The smallest absolute Gasteiger partial charge is 0.335 e. The predicted octanol–water partition coefficient (Wildman–Crippen LogP) is 11.0. The maximum absolute atomic E-state index is 11.7. The number of carbonyl (C=O) groups excluding carboxylic acids is 2. The van der Waals surface area contributed by atoms with Crippen LogP contribution in [0.25, 0.3) is 0 Å². The van der Waals surface area contributed by atoms with E-state index in [1.165, 1.54) is 45.8 Å². The van der Waals surface area contributed by atoms with Crippen molar-refractivity contribution in [3.8, 4) is 0 Å². The molecule has 0 saturated heterocycles. The fourth-order valence-corrected chi connectivity index (χ4v) is 8.12. The Kier molecular flexibility index (Phi) is 20.5. The van der Waals surface area contributed by atoms with Crippen LogP contribution in [0.3, 0.4) is 0 Å². The summed E-state index contributed by atoms with van der Waals surface area (Å²) < 4.78 is 0. The molecule has 0 spiro atoms. The lowest BCUT2D eigenvalue weighted by molar-refractivity contribution is -0.109. The van der Waals surface area contributed by atoms with Crippen LogP contribution in [0.4, 0.5) is 0 Å². The van der Waals surface area contributed by atoms with Crippen LogP contribution in [0, 0.1) is 0 Å². The zero-order chi connectivity index (χ0) is 37.6. The molecule has 0 aromatic heterocycles. The van der Waals surface area contributed by atoms with E-state index in [-0.39, 0.29) is 10.2 Å². The quantitative estimate of drug-likeness (QED) is 0.0782. The second-order valence-corrected chi connectivity index (χ2v) is 16.3. The maximum atomic E-state index is 11.7. The van der Waals surface area contributed by atoms with Crippen LogP contribution >= 0.6 is 23.5 Å². The molecule has 0 fully saturated rings. The van der Waals surface area contributed by atoms with E-state index in [1.807, 2.05) is 24.3 Å². The largest absolute Gasteiger partial charge is 0.478 e. The molecule has 3 aromatic carbocycles. The van der Waals surface area contributed by atoms with E-state index < -0.39 is 11.9 Å². The first kappa shape index (κ1) is 43.0. The molecule has 0 heterocycles. The third-order valence-corrected chi connectivity index (χ3v) is 11.4. The van der Waals surface area contributed by atoms with Crippen LogP contribution < -0.4 is 0 Å². The third kappa shape index (κ3) is 16.5. The predicted molar refractivity (Wildman–Crippen MR) is 217 cm³/mol. The van der Waals surface area contributed by atoms with Crippen molar-refractivity contribution in [2.24, 2.45) is 0 Å². The van der Waals surface area contributed by atoms with Gasteiger partial charge in [0, 0.05) is 25.4 Å². The fourth-order valence-electron chi connectivity index (χ4n) is 6.85. The second-order valence-electron chi connectivity index (χ2n) is 13.7. The van der Waals surface area contributed by atoms with Crippen LogP contribution in [0.2, 0.25) is 0 Å². The number of aryl methyl sites for hydroxylation is 6. The summed E-state index contributed by atoms with van der Waals surface area (Å²) in [6.45, 7) is 3.26. The van der Waals surface area contributed by atoms with Gasteiger partial charge in [-0.05, 0) is 135 Å². The average Bonchev–Trinajstić information content (AvgIpc) is 3.11. The molecule has 3 aromatic rings. The summed E-state index contributed by atoms with van der Waals surface area (Å²) >= 11 is 2.83. The molecule has 0 radical (unpaired) electrons. The zero-order valence-electron chi connectivity index (χ0n) is 31.3. The zero-order valence-corrected chi connectivity index (χ0v) is 32.9. The highest BCUT2D eigenvalue weighted by molar-refractivity contribution is 8.13. The van der Waals surface area contributed by atoms with Gasteiger partial charge in [0.1, 0.15) is 0 Å². The molecule has 3 rings (SSSR count). The molecular formula is C44H58O6S2. The number of aromatic carboxylic acids is 2. The minimum absolute atomic E-state index is 0.181. The van der Waals surface area contributed by atoms with Crippen molar-refractivity contribution in [3.05, 3.63) is 105 Å². The lowest BCUT2D eigenvalue weighted by atomic mass is 9.88. The van der Waals surface area contributed by atoms with E-state index in [4.69, 9.17) is 0 Å². The van der Waals surface area contributed by atoms with Crippen LogP contribution in [-0.4, -0.2) is 43.9 Å². The lowest BCUT2D eigenvalue weighted by Gasteiger charge is -2.18. The van der Waals surface area contributed by atoms with E-state index in [0.29, 0.717) is 11.1 Å². The SMILES string of the molecule is CC(=O)SCCCCCc1cc(CCCCCc2ccccc2C(=O)O)c(CCCCCc2ccccc2C(=O)O)cc1CCCCCSC(C)=O. The Bertz CT molecular complexity index is 1470. The number of rotatable bonds is 26. The van der Waals surface area contributed by atoms with Gasteiger partial charge in [-0.2, -0.15) is 0 Å². The first-order chi connectivity index (χ1) is 25.2. The molecule has 8 heteroatoms. The molecule has 0 unspecified atom stereocenters. The van der Waals surface area contributed by atoms with Crippen molar-refractivity contribution in [1.29, 1.82) is 0 Å². The number of carboxylic acids is 2. The highest BCUT2D eigenvalue weighted by atomic mass is 32.2. The minimum Gasteiger partial charge on any atom is -0.478 e.